The summed E-state index contributed by atoms with van der Waals surface area (Å²) >= 11 is 1.24. The van der Waals surface area contributed by atoms with Gasteiger partial charge in [0.05, 0.1) is 24.1 Å². The maximum absolute atomic E-state index is 12.5. The molecule has 172 valence electrons. The molecule has 1 aromatic heterocycles. The lowest BCUT2D eigenvalue weighted by atomic mass is 10.1. The number of hydrogen-bond donors (Lipinski definition) is 1. The minimum Gasteiger partial charge on any atom is -0.485 e. The number of rotatable bonds is 10. The van der Waals surface area contributed by atoms with Gasteiger partial charge < -0.3 is 14.8 Å². The van der Waals surface area contributed by atoms with Gasteiger partial charge in [-0.15, -0.1) is 16.8 Å². The molecule has 1 N–H and O–H groups in total. The molecule has 0 radical (unpaired) electrons. The Labute approximate surface area is 197 Å². The van der Waals surface area contributed by atoms with E-state index in [4.69, 9.17) is 9.47 Å². The van der Waals surface area contributed by atoms with Crippen LogP contribution < -0.4 is 10.1 Å². The molecule has 3 aromatic rings. The summed E-state index contributed by atoms with van der Waals surface area (Å²) in [6.07, 6.45) is 1.74. The molecule has 0 aliphatic carbocycles. The first kappa shape index (κ1) is 24.1. The number of ether oxygens (including phenoxy) is 2. The van der Waals surface area contributed by atoms with E-state index in [1.54, 1.807) is 30.3 Å². The Morgan fingerprint density at radius 2 is 1.94 bits per heavy atom. The van der Waals surface area contributed by atoms with Crippen molar-refractivity contribution in [2.75, 3.05) is 18.2 Å². The molecule has 0 fully saturated rings. The van der Waals surface area contributed by atoms with Crippen LogP contribution in [-0.2, 0) is 22.7 Å². The fourth-order valence-corrected chi connectivity index (χ4v) is 3.83. The number of esters is 1. The van der Waals surface area contributed by atoms with Gasteiger partial charge in [0.15, 0.2) is 11.0 Å². The summed E-state index contributed by atoms with van der Waals surface area (Å²) in [5.41, 5.74) is 2.91. The van der Waals surface area contributed by atoms with Crippen LogP contribution in [0.15, 0.2) is 60.3 Å². The van der Waals surface area contributed by atoms with E-state index in [9.17, 15) is 9.59 Å². The fraction of sp³-hybridized carbons (Fsp3) is 0.250. The zero-order valence-electron chi connectivity index (χ0n) is 18.8. The molecule has 9 heteroatoms. The lowest BCUT2D eigenvalue weighted by Gasteiger charge is -2.12. The zero-order valence-corrected chi connectivity index (χ0v) is 19.6. The highest BCUT2D eigenvalue weighted by Gasteiger charge is 2.17. The molecular weight excluding hydrogens is 440 g/mol. The Morgan fingerprint density at radius 1 is 1.15 bits per heavy atom. The molecule has 3 rings (SSSR count). The highest BCUT2D eigenvalue weighted by Crippen LogP contribution is 2.23. The first-order valence-corrected chi connectivity index (χ1v) is 11.2. The van der Waals surface area contributed by atoms with Gasteiger partial charge in [-0.2, -0.15) is 0 Å². The van der Waals surface area contributed by atoms with E-state index in [2.05, 4.69) is 22.1 Å². The van der Waals surface area contributed by atoms with Crippen LogP contribution in [0.3, 0.4) is 0 Å². The van der Waals surface area contributed by atoms with Crippen molar-refractivity contribution in [2.45, 2.75) is 32.2 Å². The number of amides is 1. The molecule has 1 heterocycles. The second-order valence-corrected chi connectivity index (χ2v) is 8.10. The quantitative estimate of drug-likeness (QED) is 0.272. The Balaban J connectivity index is 1.66. The van der Waals surface area contributed by atoms with Crippen molar-refractivity contribution in [2.24, 2.45) is 0 Å². The number of anilines is 1. The molecule has 0 unspecified atom stereocenters. The van der Waals surface area contributed by atoms with Gasteiger partial charge in [0, 0.05) is 6.54 Å². The average molecular weight is 467 g/mol. The number of aromatic nitrogens is 3. The van der Waals surface area contributed by atoms with Gasteiger partial charge in [-0.3, -0.25) is 9.36 Å². The van der Waals surface area contributed by atoms with Crippen molar-refractivity contribution >= 4 is 29.3 Å². The number of aryl methyl sites for hydroxylation is 1. The molecule has 2 aromatic carbocycles. The molecule has 0 aliphatic heterocycles. The van der Waals surface area contributed by atoms with Crippen LogP contribution in [0.1, 0.15) is 27.3 Å². The normalized spacial score (nSPS) is 10.5. The van der Waals surface area contributed by atoms with Gasteiger partial charge in [-0.25, -0.2) is 4.79 Å². The number of allylic oxidation sites excluding steroid dienone is 1. The first-order chi connectivity index (χ1) is 15.9. The van der Waals surface area contributed by atoms with Gasteiger partial charge >= 0.3 is 5.97 Å². The van der Waals surface area contributed by atoms with Crippen LogP contribution in [-0.4, -0.2) is 39.5 Å². The average Bonchev–Trinajstić information content (AvgIpc) is 3.20. The van der Waals surface area contributed by atoms with Gasteiger partial charge in [-0.1, -0.05) is 42.1 Å². The van der Waals surface area contributed by atoms with Crippen LogP contribution in [0.2, 0.25) is 0 Å². The summed E-state index contributed by atoms with van der Waals surface area (Å²) in [4.78, 5) is 24.4. The maximum atomic E-state index is 12.5. The lowest BCUT2D eigenvalue weighted by molar-refractivity contribution is -0.113. The largest absolute Gasteiger partial charge is 0.485 e. The number of benzene rings is 2. The van der Waals surface area contributed by atoms with Crippen molar-refractivity contribution in [1.82, 2.24) is 14.8 Å². The number of carbonyl (C=O) groups is 2. The minimum absolute atomic E-state index is 0.0859. The SMILES string of the molecule is C=CCn1c(COc2cccc(C)c2C)nnc1SCC(=O)Nc1ccccc1C(=O)OC. The monoisotopic (exact) mass is 466 g/mol. The summed E-state index contributed by atoms with van der Waals surface area (Å²) in [6.45, 7) is 8.56. The first-order valence-electron chi connectivity index (χ1n) is 10.3. The number of nitrogens with one attached hydrogen (secondary N) is 1. The molecule has 8 nitrogen and oxygen atoms in total. The number of nitrogens with zero attached hydrogens (tertiary/aromatic N) is 3. The van der Waals surface area contributed by atoms with Crippen molar-refractivity contribution in [3.8, 4) is 5.75 Å². The molecular formula is C24H26N4O4S. The maximum Gasteiger partial charge on any atom is 0.339 e. The molecule has 1 amide bonds. The number of thioether (sulfide) groups is 1. The lowest BCUT2D eigenvalue weighted by Crippen LogP contribution is -2.17. The van der Waals surface area contributed by atoms with E-state index in [0.717, 1.165) is 16.9 Å². The third-order valence-electron chi connectivity index (χ3n) is 4.96. The van der Waals surface area contributed by atoms with Crippen LogP contribution >= 0.6 is 11.8 Å². The third-order valence-corrected chi connectivity index (χ3v) is 5.92. The van der Waals surface area contributed by atoms with Gasteiger partial charge in [0.1, 0.15) is 12.4 Å². The highest BCUT2D eigenvalue weighted by molar-refractivity contribution is 7.99. The predicted octanol–water partition coefficient (Wildman–Crippen LogP) is 4.18. The second kappa shape index (κ2) is 11.3. The Bertz CT molecular complexity index is 1160. The molecule has 0 saturated carbocycles. The highest BCUT2D eigenvalue weighted by atomic mass is 32.2. The molecule has 33 heavy (non-hydrogen) atoms. The predicted molar refractivity (Wildman–Crippen MR) is 128 cm³/mol. The van der Waals surface area contributed by atoms with Crippen molar-refractivity contribution in [1.29, 1.82) is 0 Å². The Kier molecular flexibility index (Phi) is 8.26. The fourth-order valence-electron chi connectivity index (χ4n) is 3.06. The van der Waals surface area contributed by atoms with E-state index in [-0.39, 0.29) is 18.3 Å². The van der Waals surface area contributed by atoms with Crippen LogP contribution in [0.4, 0.5) is 5.69 Å². The molecule has 0 saturated heterocycles. The standard InChI is InChI=1S/C24H26N4O4S/c1-5-13-28-21(14-32-20-12-8-9-16(2)17(20)3)26-27-24(28)33-15-22(29)25-19-11-7-6-10-18(19)23(30)31-4/h5-12H,1,13-15H2,2-4H3,(H,25,29). The van der Waals surface area contributed by atoms with Gasteiger partial charge in [-0.05, 0) is 43.2 Å². The van der Waals surface area contributed by atoms with E-state index >= 15 is 0 Å². The summed E-state index contributed by atoms with van der Waals surface area (Å²) in [5, 5.41) is 11.8. The van der Waals surface area contributed by atoms with Crippen molar-refractivity contribution < 1.29 is 19.1 Å². The third kappa shape index (κ3) is 6.01. The van der Waals surface area contributed by atoms with Crippen LogP contribution in [0, 0.1) is 13.8 Å². The molecule has 0 atom stereocenters. The van der Waals surface area contributed by atoms with Gasteiger partial charge in [0.25, 0.3) is 0 Å². The van der Waals surface area contributed by atoms with Crippen LogP contribution in [0.5, 0.6) is 5.75 Å². The summed E-state index contributed by atoms with van der Waals surface area (Å²) in [7, 11) is 1.30. The molecule has 0 spiro atoms. The Morgan fingerprint density at radius 3 is 2.70 bits per heavy atom. The number of hydrogen-bond acceptors (Lipinski definition) is 7. The molecule has 0 bridgehead atoms. The van der Waals surface area contributed by atoms with E-state index < -0.39 is 5.97 Å². The van der Waals surface area contributed by atoms with E-state index in [1.165, 1.54) is 18.9 Å². The number of carbonyl (C=O) groups excluding carboxylic acids is 2. The van der Waals surface area contributed by atoms with Crippen molar-refractivity contribution in [3.63, 3.8) is 0 Å². The van der Waals surface area contributed by atoms with Crippen LogP contribution in [0.25, 0.3) is 0 Å². The van der Waals surface area contributed by atoms with E-state index in [0.29, 0.717) is 28.8 Å². The topological polar surface area (TPSA) is 95.3 Å². The van der Waals surface area contributed by atoms with Crippen molar-refractivity contribution in [3.05, 3.63) is 77.6 Å². The van der Waals surface area contributed by atoms with Gasteiger partial charge in [0.2, 0.25) is 5.91 Å². The Hall–Kier alpha value is -3.59. The summed E-state index contributed by atoms with van der Waals surface area (Å²) in [6, 6.07) is 12.6. The smallest absolute Gasteiger partial charge is 0.339 e. The summed E-state index contributed by atoms with van der Waals surface area (Å²) < 4.78 is 12.6. The van der Waals surface area contributed by atoms with E-state index in [1.807, 2.05) is 36.6 Å². The molecule has 0 aliphatic rings. The minimum atomic E-state index is -0.516. The summed E-state index contributed by atoms with van der Waals surface area (Å²) in [5.74, 6) is 0.717. The zero-order chi connectivity index (χ0) is 23.8. The number of para-hydroxylation sites is 1. The second-order valence-electron chi connectivity index (χ2n) is 7.16. The number of methoxy groups -OCH3 is 1.